The third-order valence-electron chi connectivity index (χ3n) is 10.4. The molecule has 0 aliphatic heterocycles. The second-order valence-corrected chi connectivity index (χ2v) is 13.2. The molecular weight excluding hydrogens is 472 g/mol. The molecule has 0 aliphatic carbocycles. The van der Waals surface area contributed by atoms with Crippen LogP contribution in [0.3, 0.4) is 0 Å². The van der Waals surface area contributed by atoms with Crippen LogP contribution in [-0.2, 0) is 0 Å². The molecule has 2 heteroatoms. The van der Waals surface area contributed by atoms with Gasteiger partial charge in [-0.25, -0.2) is 0 Å². The quantitative estimate of drug-likeness (QED) is 0.0511. The summed E-state index contributed by atoms with van der Waals surface area (Å²) in [5.41, 5.74) is 3.35. The van der Waals surface area contributed by atoms with Gasteiger partial charge in [-0.1, -0.05) is 176 Å². The Hall–Kier alpha value is -0.0800. The van der Waals surface area contributed by atoms with Crippen molar-refractivity contribution in [3.05, 3.63) is 0 Å². The Bertz CT molecular complexity index is 430. The Morgan fingerprint density at radius 1 is 0.436 bits per heavy atom. The van der Waals surface area contributed by atoms with Crippen LogP contribution in [0.1, 0.15) is 208 Å². The maximum Gasteiger partial charge on any atom is 0.00974 e. The van der Waals surface area contributed by atoms with E-state index in [2.05, 4.69) is 47.0 Å². The summed E-state index contributed by atoms with van der Waals surface area (Å²) in [6.45, 7) is 15.8. The highest BCUT2D eigenvalue weighted by molar-refractivity contribution is 4.96. The van der Waals surface area contributed by atoms with Gasteiger partial charge >= 0.3 is 0 Å². The van der Waals surface area contributed by atoms with E-state index in [1.165, 1.54) is 167 Å². The fraction of sp³-hybridized carbons (Fsp3) is 1.00. The first-order valence-corrected chi connectivity index (χ1v) is 18.6. The Labute approximate surface area is 249 Å². The van der Waals surface area contributed by atoms with Crippen LogP contribution in [-0.4, -0.2) is 6.54 Å². The van der Waals surface area contributed by atoms with E-state index in [-0.39, 0.29) is 0 Å². The zero-order valence-electron chi connectivity index (χ0n) is 28.4. The summed E-state index contributed by atoms with van der Waals surface area (Å²) < 4.78 is 0. The summed E-state index contributed by atoms with van der Waals surface area (Å²) in [5, 5.41) is 0. The maximum absolute atomic E-state index is 5.38. The van der Waals surface area contributed by atoms with Crippen molar-refractivity contribution in [1.82, 2.24) is 5.43 Å². The van der Waals surface area contributed by atoms with Crippen LogP contribution in [0.2, 0.25) is 0 Å². The fourth-order valence-corrected chi connectivity index (χ4v) is 8.17. The van der Waals surface area contributed by atoms with Crippen molar-refractivity contribution in [3.8, 4) is 0 Å². The predicted molar refractivity (Wildman–Crippen MR) is 179 cm³/mol. The van der Waals surface area contributed by atoms with Crippen molar-refractivity contribution in [2.24, 2.45) is 29.0 Å². The average molecular weight is 551 g/mol. The molecule has 0 aromatic rings. The lowest BCUT2D eigenvalue weighted by Gasteiger charge is -2.53. The molecule has 3 N–H and O–H groups in total. The molecular formula is C37H78N2. The molecule has 0 heterocycles. The number of nitrogens with one attached hydrogen (secondary N) is 1. The molecule has 0 aromatic heterocycles. The SMILES string of the molecule is CCCCCC(CC)C(CCCCCCCCCCCCNN)(C(CC)CCCCC)C(CC)CCCCC. The molecule has 0 aliphatic rings. The zero-order valence-corrected chi connectivity index (χ0v) is 28.4. The molecule has 0 fully saturated rings. The van der Waals surface area contributed by atoms with Crippen molar-refractivity contribution in [2.45, 2.75) is 208 Å². The standard InChI is InChI=1S/C37H78N2/c1-7-13-24-29-34(10-4)37(35(11-5)30-25-14-8-2,36(12-6)31-26-15-9-3)32-27-22-20-18-16-17-19-21-23-28-33-39-38/h34-36,39H,7-33,38H2,1-6H3. The van der Waals surface area contributed by atoms with Crippen LogP contribution in [0.25, 0.3) is 0 Å². The van der Waals surface area contributed by atoms with Gasteiger partial charge in [-0.3, -0.25) is 11.3 Å². The van der Waals surface area contributed by atoms with E-state index in [9.17, 15) is 0 Å². The monoisotopic (exact) mass is 551 g/mol. The summed E-state index contributed by atoms with van der Waals surface area (Å²) in [4.78, 5) is 0. The Morgan fingerprint density at radius 3 is 1.08 bits per heavy atom. The fourth-order valence-electron chi connectivity index (χ4n) is 8.17. The minimum absolute atomic E-state index is 0.575. The molecule has 39 heavy (non-hydrogen) atoms. The van der Waals surface area contributed by atoms with Crippen molar-refractivity contribution >= 4 is 0 Å². The minimum atomic E-state index is 0.575. The van der Waals surface area contributed by atoms with Gasteiger partial charge in [-0.2, -0.15) is 0 Å². The molecule has 236 valence electrons. The molecule has 0 amide bonds. The summed E-state index contributed by atoms with van der Waals surface area (Å²) in [6.07, 6.45) is 37.0. The van der Waals surface area contributed by atoms with Crippen LogP contribution < -0.4 is 11.3 Å². The highest BCUT2D eigenvalue weighted by Crippen LogP contribution is 2.55. The second-order valence-electron chi connectivity index (χ2n) is 13.2. The number of hydrazine groups is 1. The van der Waals surface area contributed by atoms with Gasteiger partial charge in [0.15, 0.2) is 0 Å². The first-order chi connectivity index (χ1) is 19.1. The molecule has 3 atom stereocenters. The van der Waals surface area contributed by atoms with Gasteiger partial charge in [0.2, 0.25) is 0 Å². The number of unbranched alkanes of at least 4 members (excludes halogenated alkanes) is 15. The normalized spacial score (nSPS) is 15.8. The van der Waals surface area contributed by atoms with E-state index in [0.29, 0.717) is 5.41 Å². The van der Waals surface area contributed by atoms with Crippen molar-refractivity contribution in [1.29, 1.82) is 0 Å². The number of rotatable bonds is 31. The number of hydrogen-bond donors (Lipinski definition) is 2. The molecule has 3 unspecified atom stereocenters. The van der Waals surface area contributed by atoms with E-state index in [4.69, 9.17) is 5.84 Å². The summed E-state index contributed by atoms with van der Waals surface area (Å²) in [7, 11) is 0. The first-order valence-electron chi connectivity index (χ1n) is 18.6. The predicted octanol–water partition coefficient (Wildman–Crippen LogP) is 12.5. The molecule has 0 saturated heterocycles. The van der Waals surface area contributed by atoms with Crippen molar-refractivity contribution < 1.29 is 0 Å². The topological polar surface area (TPSA) is 38.0 Å². The third kappa shape index (κ3) is 16.8. The van der Waals surface area contributed by atoms with Crippen LogP contribution in [0.15, 0.2) is 0 Å². The van der Waals surface area contributed by atoms with Crippen LogP contribution in [0.4, 0.5) is 0 Å². The van der Waals surface area contributed by atoms with Crippen LogP contribution in [0.5, 0.6) is 0 Å². The minimum Gasteiger partial charge on any atom is -0.271 e. The van der Waals surface area contributed by atoms with Gasteiger partial charge < -0.3 is 0 Å². The highest BCUT2D eigenvalue weighted by atomic mass is 15.2. The summed E-state index contributed by atoms with van der Waals surface area (Å²) in [6, 6.07) is 0. The molecule has 0 spiro atoms. The smallest absolute Gasteiger partial charge is 0.00974 e. The second kappa shape index (κ2) is 28.1. The molecule has 0 rings (SSSR count). The number of nitrogens with two attached hydrogens (primary N) is 1. The van der Waals surface area contributed by atoms with Crippen molar-refractivity contribution in [2.75, 3.05) is 6.54 Å². The molecule has 2 nitrogen and oxygen atoms in total. The molecule has 0 aromatic carbocycles. The van der Waals surface area contributed by atoms with E-state index >= 15 is 0 Å². The maximum atomic E-state index is 5.38. The average Bonchev–Trinajstić information content (AvgIpc) is 2.95. The number of hydrogen-bond acceptors (Lipinski definition) is 2. The Kier molecular flexibility index (Phi) is 28.0. The van der Waals surface area contributed by atoms with Gasteiger partial charge in [-0.15, -0.1) is 0 Å². The lowest BCUT2D eigenvalue weighted by atomic mass is 9.52. The Morgan fingerprint density at radius 2 is 0.769 bits per heavy atom. The summed E-state index contributed by atoms with van der Waals surface area (Å²) >= 11 is 0. The first kappa shape index (κ1) is 38.9. The molecule has 0 bridgehead atoms. The van der Waals surface area contributed by atoms with Crippen molar-refractivity contribution in [3.63, 3.8) is 0 Å². The summed E-state index contributed by atoms with van der Waals surface area (Å²) in [5.74, 6) is 8.16. The van der Waals surface area contributed by atoms with Gasteiger partial charge in [-0.05, 0) is 55.3 Å². The van der Waals surface area contributed by atoms with Gasteiger partial charge in [0, 0.05) is 6.54 Å². The molecule has 0 radical (unpaired) electrons. The van der Waals surface area contributed by atoms with E-state index in [1.54, 1.807) is 0 Å². The van der Waals surface area contributed by atoms with Crippen LogP contribution in [0, 0.1) is 23.2 Å². The van der Waals surface area contributed by atoms with Gasteiger partial charge in [0.25, 0.3) is 0 Å². The highest BCUT2D eigenvalue weighted by Gasteiger charge is 2.47. The van der Waals surface area contributed by atoms with E-state index < -0.39 is 0 Å². The molecule has 0 saturated carbocycles. The third-order valence-corrected chi connectivity index (χ3v) is 10.4. The van der Waals surface area contributed by atoms with Crippen LogP contribution >= 0.6 is 0 Å². The largest absolute Gasteiger partial charge is 0.271 e. The lowest BCUT2D eigenvalue weighted by molar-refractivity contribution is -0.0338. The van der Waals surface area contributed by atoms with Gasteiger partial charge in [0.05, 0.1) is 0 Å². The van der Waals surface area contributed by atoms with E-state index in [1.807, 2.05) is 0 Å². The Balaban J connectivity index is 5.44. The zero-order chi connectivity index (χ0) is 29.0. The van der Waals surface area contributed by atoms with E-state index in [0.717, 1.165) is 24.3 Å². The lowest BCUT2D eigenvalue weighted by Crippen LogP contribution is -2.44. The van der Waals surface area contributed by atoms with Gasteiger partial charge in [0.1, 0.15) is 0 Å².